The number of nitrogens with one attached hydrogen (secondary N) is 1. The van der Waals surface area contributed by atoms with E-state index in [1.807, 2.05) is 27.1 Å². The van der Waals surface area contributed by atoms with E-state index < -0.39 is 0 Å². The van der Waals surface area contributed by atoms with Crippen LogP contribution in [0.25, 0.3) is 0 Å². The Kier molecular flexibility index (Phi) is 5.22. The van der Waals surface area contributed by atoms with Crippen molar-refractivity contribution >= 4 is 0 Å². The van der Waals surface area contributed by atoms with Gasteiger partial charge in [-0.2, -0.15) is 0 Å². The van der Waals surface area contributed by atoms with Crippen molar-refractivity contribution in [3.63, 3.8) is 0 Å². The first kappa shape index (κ1) is 12.9. The van der Waals surface area contributed by atoms with Gasteiger partial charge in [0, 0.05) is 37.9 Å². The first-order chi connectivity index (χ1) is 7.61. The minimum atomic E-state index is 0.0782. The maximum atomic E-state index is 11.5. The van der Waals surface area contributed by atoms with Crippen LogP contribution in [-0.4, -0.2) is 43.2 Å². The highest BCUT2D eigenvalue weighted by Crippen LogP contribution is 1.92. The van der Waals surface area contributed by atoms with Gasteiger partial charge in [0.25, 0.3) is 5.56 Å². The number of hydrogen-bond donors (Lipinski definition) is 1. The van der Waals surface area contributed by atoms with Crippen molar-refractivity contribution in [1.82, 2.24) is 14.8 Å². The summed E-state index contributed by atoms with van der Waals surface area (Å²) < 4.78 is 1.79. The SMILES string of the molecule is Cc1cccc(=O)n1CCNCCN(C)C. The van der Waals surface area contributed by atoms with Crippen molar-refractivity contribution in [2.45, 2.75) is 13.5 Å². The summed E-state index contributed by atoms with van der Waals surface area (Å²) in [6.07, 6.45) is 0. The van der Waals surface area contributed by atoms with E-state index in [0.717, 1.165) is 31.9 Å². The van der Waals surface area contributed by atoms with E-state index in [1.165, 1.54) is 0 Å². The highest BCUT2D eigenvalue weighted by molar-refractivity contribution is 5.04. The summed E-state index contributed by atoms with van der Waals surface area (Å²) in [4.78, 5) is 13.7. The maximum absolute atomic E-state index is 11.5. The lowest BCUT2D eigenvalue weighted by atomic mass is 10.3. The average molecular weight is 223 g/mol. The molecular formula is C12H21N3O. The molecule has 4 nitrogen and oxygen atoms in total. The first-order valence-corrected chi connectivity index (χ1v) is 5.63. The number of hydrogen-bond acceptors (Lipinski definition) is 3. The molecule has 0 fully saturated rings. The number of likely N-dealkylation sites (N-methyl/N-ethyl adjacent to an activating group) is 1. The standard InChI is InChI=1S/C12H21N3O/c1-11-5-4-6-12(16)15(11)10-8-13-7-9-14(2)3/h4-6,13H,7-10H2,1-3H3. The topological polar surface area (TPSA) is 37.3 Å². The zero-order chi connectivity index (χ0) is 12.0. The van der Waals surface area contributed by atoms with Gasteiger partial charge >= 0.3 is 0 Å². The first-order valence-electron chi connectivity index (χ1n) is 5.63. The second-order valence-corrected chi connectivity index (χ2v) is 4.21. The second kappa shape index (κ2) is 6.45. The molecule has 1 rings (SSSR count). The number of aromatic nitrogens is 1. The second-order valence-electron chi connectivity index (χ2n) is 4.21. The molecule has 0 spiro atoms. The Morgan fingerprint density at radius 2 is 2.06 bits per heavy atom. The minimum absolute atomic E-state index is 0.0782. The molecule has 1 N–H and O–H groups in total. The quantitative estimate of drug-likeness (QED) is 0.705. The Hall–Kier alpha value is -1.13. The van der Waals surface area contributed by atoms with Crippen LogP contribution in [0.4, 0.5) is 0 Å². The Morgan fingerprint density at radius 3 is 2.69 bits per heavy atom. The van der Waals surface area contributed by atoms with Crippen LogP contribution in [0.15, 0.2) is 23.0 Å². The summed E-state index contributed by atoms with van der Waals surface area (Å²) in [5, 5.41) is 3.32. The Balaban J connectivity index is 2.35. The van der Waals surface area contributed by atoms with E-state index in [4.69, 9.17) is 0 Å². The predicted octanol–water partition coefficient (Wildman–Crippen LogP) is 0.308. The predicted molar refractivity (Wildman–Crippen MR) is 66.9 cm³/mol. The number of aryl methyl sites for hydroxylation is 1. The van der Waals surface area contributed by atoms with Gasteiger partial charge in [0.05, 0.1) is 0 Å². The summed E-state index contributed by atoms with van der Waals surface area (Å²) >= 11 is 0. The molecular weight excluding hydrogens is 202 g/mol. The molecule has 0 aliphatic heterocycles. The Labute approximate surface area is 96.9 Å². The third-order valence-electron chi connectivity index (χ3n) is 2.52. The van der Waals surface area contributed by atoms with E-state index in [0.29, 0.717) is 0 Å². The Bertz CT molecular complexity index is 371. The van der Waals surface area contributed by atoms with Gasteiger partial charge in [-0.25, -0.2) is 0 Å². The summed E-state index contributed by atoms with van der Waals surface area (Å²) in [5.74, 6) is 0. The van der Waals surface area contributed by atoms with Crippen molar-refractivity contribution in [3.8, 4) is 0 Å². The lowest BCUT2D eigenvalue weighted by Gasteiger charge is -2.12. The van der Waals surface area contributed by atoms with Crippen LogP contribution in [0, 0.1) is 6.92 Å². The fourth-order valence-electron chi connectivity index (χ4n) is 1.53. The number of pyridine rings is 1. The molecule has 4 heteroatoms. The smallest absolute Gasteiger partial charge is 0.250 e. The van der Waals surface area contributed by atoms with Crippen molar-refractivity contribution in [3.05, 3.63) is 34.2 Å². The van der Waals surface area contributed by atoms with Crippen LogP contribution in [0.2, 0.25) is 0 Å². The van der Waals surface area contributed by atoms with Gasteiger partial charge in [-0.3, -0.25) is 4.79 Å². The number of rotatable bonds is 6. The fraction of sp³-hybridized carbons (Fsp3) is 0.583. The zero-order valence-corrected chi connectivity index (χ0v) is 10.4. The minimum Gasteiger partial charge on any atom is -0.314 e. The third-order valence-corrected chi connectivity index (χ3v) is 2.52. The monoisotopic (exact) mass is 223 g/mol. The van der Waals surface area contributed by atoms with Gasteiger partial charge in [-0.15, -0.1) is 0 Å². The van der Waals surface area contributed by atoms with Gasteiger partial charge in [-0.1, -0.05) is 6.07 Å². The highest BCUT2D eigenvalue weighted by atomic mass is 16.1. The average Bonchev–Trinajstić information content (AvgIpc) is 2.21. The van der Waals surface area contributed by atoms with Crippen molar-refractivity contribution in [1.29, 1.82) is 0 Å². The third kappa shape index (κ3) is 4.16. The van der Waals surface area contributed by atoms with Crippen LogP contribution in [0.5, 0.6) is 0 Å². The fourth-order valence-corrected chi connectivity index (χ4v) is 1.53. The molecule has 0 aliphatic rings. The van der Waals surface area contributed by atoms with Gasteiger partial charge in [0.1, 0.15) is 0 Å². The maximum Gasteiger partial charge on any atom is 0.250 e. The van der Waals surface area contributed by atoms with E-state index in [-0.39, 0.29) is 5.56 Å². The highest BCUT2D eigenvalue weighted by Gasteiger charge is 1.98. The lowest BCUT2D eigenvalue weighted by molar-refractivity contribution is 0.397. The lowest BCUT2D eigenvalue weighted by Crippen LogP contribution is -2.31. The number of nitrogens with zero attached hydrogens (tertiary/aromatic N) is 2. The molecule has 0 aliphatic carbocycles. The van der Waals surface area contributed by atoms with Crippen molar-refractivity contribution < 1.29 is 0 Å². The van der Waals surface area contributed by atoms with E-state index in [1.54, 1.807) is 16.7 Å². The van der Waals surface area contributed by atoms with Crippen LogP contribution in [0.1, 0.15) is 5.69 Å². The van der Waals surface area contributed by atoms with Crippen LogP contribution < -0.4 is 10.9 Å². The normalized spacial score (nSPS) is 11.0. The van der Waals surface area contributed by atoms with Crippen LogP contribution >= 0.6 is 0 Å². The molecule has 0 saturated carbocycles. The molecule has 0 radical (unpaired) electrons. The van der Waals surface area contributed by atoms with Crippen LogP contribution in [-0.2, 0) is 6.54 Å². The zero-order valence-electron chi connectivity index (χ0n) is 10.4. The summed E-state index contributed by atoms with van der Waals surface area (Å²) in [6, 6.07) is 5.36. The summed E-state index contributed by atoms with van der Waals surface area (Å²) in [7, 11) is 4.10. The largest absolute Gasteiger partial charge is 0.314 e. The van der Waals surface area contributed by atoms with E-state index >= 15 is 0 Å². The van der Waals surface area contributed by atoms with E-state index in [9.17, 15) is 4.79 Å². The van der Waals surface area contributed by atoms with Gasteiger partial charge < -0.3 is 14.8 Å². The molecule has 1 aromatic heterocycles. The molecule has 90 valence electrons. The molecule has 0 saturated heterocycles. The van der Waals surface area contributed by atoms with E-state index in [2.05, 4.69) is 10.2 Å². The molecule has 0 atom stereocenters. The van der Waals surface area contributed by atoms with Crippen LogP contribution in [0.3, 0.4) is 0 Å². The molecule has 0 aromatic carbocycles. The molecule has 1 aromatic rings. The van der Waals surface area contributed by atoms with Gasteiger partial charge in [-0.05, 0) is 27.1 Å². The Morgan fingerprint density at radius 1 is 1.31 bits per heavy atom. The van der Waals surface area contributed by atoms with Crippen molar-refractivity contribution in [2.24, 2.45) is 0 Å². The molecule has 1 heterocycles. The molecule has 0 amide bonds. The summed E-state index contributed by atoms with van der Waals surface area (Å²) in [6.45, 7) is 5.50. The van der Waals surface area contributed by atoms with Gasteiger partial charge in [0.2, 0.25) is 0 Å². The summed E-state index contributed by atoms with van der Waals surface area (Å²) in [5.41, 5.74) is 1.09. The molecule has 0 bridgehead atoms. The van der Waals surface area contributed by atoms with Crippen molar-refractivity contribution in [2.75, 3.05) is 33.7 Å². The van der Waals surface area contributed by atoms with Gasteiger partial charge in [0.15, 0.2) is 0 Å². The molecule has 0 unspecified atom stereocenters. The molecule has 16 heavy (non-hydrogen) atoms.